The fraction of sp³-hybridized carbons (Fsp3) is 0.222. The normalized spacial score (nSPS) is 18.4. The number of amides is 1. The third kappa shape index (κ3) is 3.78. The van der Waals surface area contributed by atoms with Crippen molar-refractivity contribution in [3.05, 3.63) is 65.5 Å². The van der Waals surface area contributed by atoms with E-state index < -0.39 is 22.2 Å². The van der Waals surface area contributed by atoms with Gasteiger partial charge in [-0.05, 0) is 23.3 Å². The van der Waals surface area contributed by atoms with E-state index in [4.69, 9.17) is 27.9 Å². The van der Waals surface area contributed by atoms with Crippen LogP contribution in [0, 0.1) is 5.82 Å². The fourth-order valence-corrected chi connectivity index (χ4v) is 3.13. The highest BCUT2D eigenvalue weighted by Gasteiger charge is 2.53. The molecule has 1 unspecified atom stereocenters. The van der Waals surface area contributed by atoms with Gasteiger partial charge in [0.1, 0.15) is 12.4 Å². The third-order valence-electron chi connectivity index (χ3n) is 4.03. The largest absolute Gasteiger partial charge is 0.444 e. The van der Waals surface area contributed by atoms with Crippen molar-refractivity contribution in [3.8, 4) is 0 Å². The van der Waals surface area contributed by atoms with Crippen LogP contribution in [0.2, 0.25) is 0 Å². The Hall–Kier alpha value is -2.11. The van der Waals surface area contributed by atoms with E-state index in [0.717, 1.165) is 11.6 Å². The van der Waals surface area contributed by atoms with Crippen molar-refractivity contribution in [2.45, 2.75) is 23.3 Å². The number of carbonyl (C=O) groups is 2. The molecule has 1 aliphatic rings. The molecule has 1 fully saturated rings. The molecule has 0 saturated heterocycles. The molecule has 4 nitrogen and oxygen atoms in total. The topological polar surface area (TPSA) is 55.4 Å². The molecule has 2 aromatic carbocycles. The van der Waals surface area contributed by atoms with Crippen LogP contribution in [-0.4, -0.2) is 16.2 Å². The van der Waals surface area contributed by atoms with Crippen LogP contribution in [0.5, 0.6) is 0 Å². The number of benzene rings is 2. The number of anilines is 1. The highest BCUT2D eigenvalue weighted by Crippen LogP contribution is 2.51. The van der Waals surface area contributed by atoms with Crippen molar-refractivity contribution in [2.24, 2.45) is 0 Å². The van der Waals surface area contributed by atoms with Gasteiger partial charge in [-0.15, -0.1) is 0 Å². The first-order valence-electron chi connectivity index (χ1n) is 7.56. The van der Waals surface area contributed by atoms with Crippen molar-refractivity contribution in [2.75, 3.05) is 5.32 Å². The zero-order valence-corrected chi connectivity index (χ0v) is 14.5. The fourth-order valence-electron chi connectivity index (χ4n) is 2.58. The van der Waals surface area contributed by atoms with Gasteiger partial charge in [-0.3, -0.25) is 10.1 Å². The number of ether oxygens (including phenoxy) is 1. The lowest BCUT2D eigenvalue weighted by molar-refractivity contribution is -0.125. The minimum absolute atomic E-state index is 0.0931. The minimum Gasteiger partial charge on any atom is -0.444 e. The summed E-state index contributed by atoms with van der Waals surface area (Å²) in [6, 6.07) is 13.3. The lowest BCUT2D eigenvalue weighted by Crippen LogP contribution is -2.45. The standard InChI is InChI=1S/C18H14Cl2FNO3/c19-18(20)14(9-16(18)23)13-7-6-12(8-15(13)21)22-17(24)25-10-11-4-2-1-3-5-11/h1-8,14H,9-10H2,(H,22,24). The summed E-state index contributed by atoms with van der Waals surface area (Å²) in [5.41, 5.74) is 1.32. The summed E-state index contributed by atoms with van der Waals surface area (Å²) >= 11 is 11.8. The van der Waals surface area contributed by atoms with Gasteiger partial charge in [0.2, 0.25) is 0 Å². The maximum Gasteiger partial charge on any atom is 0.411 e. The third-order valence-corrected chi connectivity index (χ3v) is 4.98. The molecule has 0 aliphatic heterocycles. The summed E-state index contributed by atoms with van der Waals surface area (Å²) in [5.74, 6) is -1.52. The van der Waals surface area contributed by atoms with Crippen LogP contribution in [0.1, 0.15) is 23.5 Å². The zero-order valence-electron chi connectivity index (χ0n) is 13.0. The molecule has 0 bridgehead atoms. The van der Waals surface area contributed by atoms with Crippen molar-refractivity contribution in [1.82, 2.24) is 0 Å². The molecule has 0 radical (unpaired) electrons. The second-order valence-electron chi connectivity index (χ2n) is 5.73. The molecule has 1 atom stereocenters. The number of carbonyl (C=O) groups excluding carboxylic acids is 2. The van der Waals surface area contributed by atoms with Gasteiger partial charge in [-0.25, -0.2) is 9.18 Å². The molecule has 25 heavy (non-hydrogen) atoms. The van der Waals surface area contributed by atoms with Crippen LogP contribution in [-0.2, 0) is 16.1 Å². The summed E-state index contributed by atoms with van der Waals surface area (Å²) in [5, 5.41) is 2.45. The molecule has 130 valence electrons. The molecule has 2 aromatic rings. The average Bonchev–Trinajstić information content (AvgIpc) is 2.59. The summed E-state index contributed by atoms with van der Waals surface area (Å²) in [6.45, 7) is 0.110. The van der Waals surface area contributed by atoms with Gasteiger partial charge >= 0.3 is 6.09 Å². The molecule has 0 spiro atoms. The number of hydrogen-bond acceptors (Lipinski definition) is 3. The molecule has 0 heterocycles. The molecule has 7 heteroatoms. The Morgan fingerprint density at radius 1 is 1.24 bits per heavy atom. The van der Waals surface area contributed by atoms with Gasteiger partial charge in [-0.2, -0.15) is 0 Å². The van der Waals surface area contributed by atoms with Crippen LogP contribution < -0.4 is 5.32 Å². The lowest BCUT2D eigenvalue weighted by Gasteiger charge is -2.38. The van der Waals surface area contributed by atoms with Gasteiger partial charge in [0.15, 0.2) is 10.1 Å². The van der Waals surface area contributed by atoms with Crippen LogP contribution in [0.15, 0.2) is 48.5 Å². The second-order valence-corrected chi connectivity index (χ2v) is 7.11. The molecule has 1 amide bonds. The maximum absolute atomic E-state index is 14.3. The number of nitrogens with one attached hydrogen (secondary N) is 1. The van der Waals surface area contributed by atoms with Gasteiger partial charge < -0.3 is 4.74 Å². The molecule has 1 saturated carbocycles. The zero-order chi connectivity index (χ0) is 18.0. The van der Waals surface area contributed by atoms with E-state index in [1.165, 1.54) is 12.1 Å². The van der Waals surface area contributed by atoms with E-state index >= 15 is 0 Å². The van der Waals surface area contributed by atoms with Crippen LogP contribution in [0.4, 0.5) is 14.9 Å². The van der Waals surface area contributed by atoms with Gasteiger partial charge in [0.25, 0.3) is 0 Å². The number of Topliss-reactive ketones (excluding diaryl/α,β-unsaturated/α-hetero) is 1. The van der Waals surface area contributed by atoms with E-state index in [1.807, 2.05) is 30.3 Å². The molecule has 1 N–H and O–H groups in total. The van der Waals surface area contributed by atoms with Crippen molar-refractivity contribution in [3.63, 3.8) is 0 Å². The lowest BCUT2D eigenvalue weighted by atomic mass is 9.77. The molecular formula is C18H14Cl2FNO3. The SMILES string of the molecule is O=C(Nc1ccc(C2CC(=O)C2(Cl)Cl)c(F)c1)OCc1ccccc1. The summed E-state index contributed by atoms with van der Waals surface area (Å²) in [4.78, 5) is 23.2. The Kier molecular flexibility index (Phi) is 4.97. The maximum atomic E-state index is 14.3. The first-order chi connectivity index (χ1) is 11.9. The van der Waals surface area contributed by atoms with E-state index in [1.54, 1.807) is 0 Å². The predicted molar refractivity (Wildman–Crippen MR) is 93.5 cm³/mol. The first kappa shape index (κ1) is 17.7. The van der Waals surface area contributed by atoms with Crippen molar-refractivity contribution >= 4 is 40.8 Å². The quantitative estimate of drug-likeness (QED) is 0.773. The number of halogens is 3. The predicted octanol–water partition coefficient (Wildman–Crippen LogP) is 4.80. The van der Waals surface area contributed by atoms with E-state index in [0.29, 0.717) is 0 Å². The number of hydrogen-bond donors (Lipinski definition) is 1. The van der Waals surface area contributed by atoms with Crippen molar-refractivity contribution < 1.29 is 18.7 Å². The second kappa shape index (κ2) is 7.02. The first-order valence-corrected chi connectivity index (χ1v) is 8.32. The summed E-state index contributed by atoms with van der Waals surface area (Å²) < 4.78 is 17.7. The van der Waals surface area contributed by atoms with E-state index in [2.05, 4.69) is 5.32 Å². The Bertz CT molecular complexity index is 811. The minimum atomic E-state index is -1.59. The van der Waals surface area contributed by atoms with Crippen LogP contribution in [0.3, 0.4) is 0 Å². The van der Waals surface area contributed by atoms with Crippen LogP contribution in [0.25, 0.3) is 0 Å². The van der Waals surface area contributed by atoms with E-state index in [-0.39, 0.29) is 30.1 Å². The molecular weight excluding hydrogens is 368 g/mol. The van der Waals surface area contributed by atoms with Crippen molar-refractivity contribution in [1.29, 1.82) is 0 Å². The van der Waals surface area contributed by atoms with Gasteiger partial charge in [-0.1, -0.05) is 59.6 Å². The Balaban J connectivity index is 1.61. The van der Waals surface area contributed by atoms with Gasteiger partial charge in [0.05, 0.1) is 0 Å². The highest BCUT2D eigenvalue weighted by atomic mass is 35.5. The van der Waals surface area contributed by atoms with E-state index in [9.17, 15) is 14.0 Å². The number of ketones is 1. The molecule has 1 aliphatic carbocycles. The molecule has 3 rings (SSSR count). The van der Waals surface area contributed by atoms with Gasteiger partial charge in [0, 0.05) is 18.0 Å². The summed E-state index contributed by atoms with van der Waals surface area (Å²) in [6.07, 6.45) is -0.602. The number of alkyl halides is 2. The molecule has 0 aromatic heterocycles. The highest BCUT2D eigenvalue weighted by molar-refractivity contribution is 6.61. The Morgan fingerprint density at radius 2 is 1.96 bits per heavy atom. The summed E-state index contributed by atoms with van der Waals surface area (Å²) in [7, 11) is 0. The van der Waals surface area contributed by atoms with Crippen LogP contribution >= 0.6 is 23.2 Å². The smallest absolute Gasteiger partial charge is 0.411 e. The monoisotopic (exact) mass is 381 g/mol. The Labute approximate surface area is 153 Å². The average molecular weight is 382 g/mol. The number of rotatable bonds is 4. The Morgan fingerprint density at radius 3 is 2.56 bits per heavy atom.